The first kappa shape index (κ1) is 17.0. The van der Waals surface area contributed by atoms with Crippen molar-refractivity contribution in [1.82, 2.24) is 0 Å². The van der Waals surface area contributed by atoms with Gasteiger partial charge < -0.3 is 15.0 Å². The summed E-state index contributed by atoms with van der Waals surface area (Å²) in [6.45, 7) is 3.70. The molecule has 1 atom stereocenters. The van der Waals surface area contributed by atoms with Crippen LogP contribution in [0.15, 0.2) is 42.5 Å². The molecule has 0 aliphatic carbocycles. The summed E-state index contributed by atoms with van der Waals surface area (Å²) in [7, 11) is 0. The summed E-state index contributed by atoms with van der Waals surface area (Å²) in [4.78, 5) is 26.2. The lowest BCUT2D eigenvalue weighted by Crippen LogP contribution is -2.45. The molecule has 5 nitrogen and oxygen atoms in total. The van der Waals surface area contributed by atoms with E-state index in [2.05, 4.69) is 5.32 Å². The van der Waals surface area contributed by atoms with E-state index in [-0.39, 0.29) is 24.8 Å². The number of aryl methyl sites for hydroxylation is 1. The third-order valence-corrected chi connectivity index (χ3v) is 4.11. The first-order chi connectivity index (χ1) is 12.0. The number of halogens is 1. The van der Waals surface area contributed by atoms with Gasteiger partial charge in [-0.2, -0.15) is 0 Å². The molecule has 2 aromatic carbocycles. The zero-order chi connectivity index (χ0) is 18.0. The molecule has 25 heavy (non-hydrogen) atoms. The third kappa shape index (κ3) is 3.63. The van der Waals surface area contributed by atoms with Crippen molar-refractivity contribution < 1.29 is 18.7 Å². The van der Waals surface area contributed by atoms with Gasteiger partial charge in [0.05, 0.1) is 5.69 Å². The number of fused-ring (bicyclic) bond motifs is 1. The molecule has 2 amide bonds. The van der Waals surface area contributed by atoms with Crippen molar-refractivity contribution in [3.05, 3.63) is 53.8 Å². The molecule has 1 aliphatic heterocycles. The molecule has 0 saturated heterocycles. The third-order valence-electron chi connectivity index (χ3n) is 4.11. The number of rotatable bonds is 4. The van der Waals surface area contributed by atoms with E-state index in [4.69, 9.17) is 4.74 Å². The van der Waals surface area contributed by atoms with Crippen LogP contribution in [0.5, 0.6) is 5.75 Å². The standard InChI is InChI=1S/C19H19FN2O3/c1-12-7-8-14(20)11-15(12)21-18(23)9-10-22-16-5-3-4-6-17(16)25-13(2)19(22)24/h3-8,11,13H,9-10H2,1-2H3,(H,21,23)/t13-/m1/s1. The van der Waals surface area contributed by atoms with Crippen molar-refractivity contribution in [1.29, 1.82) is 0 Å². The van der Waals surface area contributed by atoms with Crippen LogP contribution in [0, 0.1) is 12.7 Å². The number of benzene rings is 2. The van der Waals surface area contributed by atoms with Crippen molar-refractivity contribution in [3.63, 3.8) is 0 Å². The van der Waals surface area contributed by atoms with Gasteiger partial charge in [-0.05, 0) is 43.7 Å². The number of anilines is 2. The van der Waals surface area contributed by atoms with Gasteiger partial charge in [-0.1, -0.05) is 18.2 Å². The molecule has 0 saturated carbocycles. The minimum Gasteiger partial charge on any atom is -0.479 e. The highest BCUT2D eigenvalue weighted by molar-refractivity contribution is 6.00. The molecule has 130 valence electrons. The van der Waals surface area contributed by atoms with Gasteiger partial charge in [0, 0.05) is 18.7 Å². The smallest absolute Gasteiger partial charge is 0.267 e. The number of para-hydroxylation sites is 2. The number of carbonyl (C=O) groups excluding carboxylic acids is 2. The SMILES string of the molecule is Cc1ccc(F)cc1NC(=O)CCN1C(=O)[C@@H](C)Oc2ccccc21. The second-order valence-electron chi connectivity index (χ2n) is 5.98. The van der Waals surface area contributed by atoms with Crippen LogP contribution in [0.2, 0.25) is 0 Å². The fourth-order valence-corrected chi connectivity index (χ4v) is 2.74. The van der Waals surface area contributed by atoms with Gasteiger partial charge in [-0.15, -0.1) is 0 Å². The largest absolute Gasteiger partial charge is 0.479 e. The fraction of sp³-hybridized carbons (Fsp3) is 0.263. The highest BCUT2D eigenvalue weighted by Crippen LogP contribution is 2.33. The monoisotopic (exact) mass is 342 g/mol. The van der Waals surface area contributed by atoms with E-state index < -0.39 is 11.9 Å². The molecule has 0 unspecified atom stereocenters. The maximum absolute atomic E-state index is 13.3. The highest BCUT2D eigenvalue weighted by Gasteiger charge is 2.31. The van der Waals surface area contributed by atoms with Crippen molar-refractivity contribution in [2.24, 2.45) is 0 Å². The average molecular weight is 342 g/mol. The Balaban J connectivity index is 1.69. The Labute approximate surface area is 145 Å². The van der Waals surface area contributed by atoms with Crippen LogP contribution in [-0.2, 0) is 9.59 Å². The second-order valence-corrected chi connectivity index (χ2v) is 5.98. The van der Waals surface area contributed by atoms with Gasteiger partial charge in [0.2, 0.25) is 5.91 Å². The predicted octanol–water partition coefficient (Wildman–Crippen LogP) is 3.28. The molecule has 0 radical (unpaired) electrons. The van der Waals surface area contributed by atoms with Crippen LogP contribution >= 0.6 is 0 Å². The molecule has 1 N–H and O–H groups in total. The van der Waals surface area contributed by atoms with Gasteiger partial charge >= 0.3 is 0 Å². The van der Waals surface area contributed by atoms with Gasteiger partial charge in [0.1, 0.15) is 11.6 Å². The quantitative estimate of drug-likeness (QED) is 0.928. The molecule has 1 aliphatic rings. The van der Waals surface area contributed by atoms with Crippen molar-refractivity contribution in [3.8, 4) is 5.75 Å². The lowest BCUT2D eigenvalue weighted by atomic mass is 10.1. The summed E-state index contributed by atoms with van der Waals surface area (Å²) >= 11 is 0. The summed E-state index contributed by atoms with van der Waals surface area (Å²) in [5.41, 5.74) is 1.86. The maximum atomic E-state index is 13.3. The van der Waals surface area contributed by atoms with Gasteiger partial charge in [0.25, 0.3) is 5.91 Å². The molecular formula is C19H19FN2O3. The Kier molecular flexibility index (Phi) is 4.70. The van der Waals surface area contributed by atoms with Gasteiger partial charge in [-0.3, -0.25) is 9.59 Å². The molecule has 6 heteroatoms. The summed E-state index contributed by atoms with van der Waals surface area (Å²) in [5.74, 6) is -0.255. The Morgan fingerprint density at radius 3 is 2.84 bits per heavy atom. The second kappa shape index (κ2) is 6.93. The summed E-state index contributed by atoms with van der Waals surface area (Å²) in [6.07, 6.45) is -0.494. The average Bonchev–Trinajstić information content (AvgIpc) is 2.58. The van der Waals surface area contributed by atoms with E-state index in [9.17, 15) is 14.0 Å². The van der Waals surface area contributed by atoms with E-state index in [0.717, 1.165) is 5.56 Å². The van der Waals surface area contributed by atoms with Crippen LogP contribution in [0.25, 0.3) is 0 Å². The molecule has 1 heterocycles. The number of ether oxygens (including phenoxy) is 1. The van der Waals surface area contributed by atoms with Crippen molar-refractivity contribution in [2.45, 2.75) is 26.4 Å². The zero-order valence-electron chi connectivity index (χ0n) is 14.1. The van der Waals surface area contributed by atoms with Crippen molar-refractivity contribution >= 4 is 23.2 Å². The summed E-state index contributed by atoms with van der Waals surface area (Å²) in [6, 6.07) is 11.5. The maximum Gasteiger partial charge on any atom is 0.267 e. The van der Waals surface area contributed by atoms with E-state index in [1.807, 2.05) is 12.1 Å². The Morgan fingerprint density at radius 1 is 1.28 bits per heavy atom. The van der Waals surface area contributed by atoms with Crippen LogP contribution in [0.3, 0.4) is 0 Å². The van der Waals surface area contributed by atoms with Gasteiger partial charge in [0.15, 0.2) is 6.10 Å². The zero-order valence-corrected chi connectivity index (χ0v) is 14.1. The van der Waals surface area contributed by atoms with E-state index in [1.54, 1.807) is 36.9 Å². The Hall–Kier alpha value is -2.89. The number of hydrogen-bond donors (Lipinski definition) is 1. The first-order valence-electron chi connectivity index (χ1n) is 8.09. The molecule has 2 aromatic rings. The number of carbonyl (C=O) groups is 2. The molecule has 3 rings (SSSR count). The first-order valence-corrected chi connectivity index (χ1v) is 8.09. The number of nitrogens with zero attached hydrogens (tertiary/aromatic N) is 1. The molecular weight excluding hydrogens is 323 g/mol. The lowest BCUT2D eigenvalue weighted by Gasteiger charge is -2.32. The Morgan fingerprint density at radius 2 is 2.04 bits per heavy atom. The molecule has 0 bridgehead atoms. The van der Waals surface area contributed by atoms with E-state index in [1.165, 1.54) is 12.1 Å². The van der Waals surface area contributed by atoms with Crippen LogP contribution in [0.4, 0.5) is 15.8 Å². The van der Waals surface area contributed by atoms with Gasteiger partial charge in [-0.25, -0.2) is 4.39 Å². The molecule has 0 aromatic heterocycles. The van der Waals surface area contributed by atoms with E-state index in [0.29, 0.717) is 17.1 Å². The summed E-state index contributed by atoms with van der Waals surface area (Å²) < 4.78 is 18.9. The predicted molar refractivity (Wildman–Crippen MR) is 93.3 cm³/mol. The number of amides is 2. The fourth-order valence-electron chi connectivity index (χ4n) is 2.74. The number of hydrogen-bond acceptors (Lipinski definition) is 3. The lowest BCUT2D eigenvalue weighted by molar-refractivity contribution is -0.125. The Bertz CT molecular complexity index is 822. The summed E-state index contributed by atoms with van der Waals surface area (Å²) in [5, 5.41) is 2.69. The minimum atomic E-state index is -0.594. The highest BCUT2D eigenvalue weighted by atomic mass is 19.1. The van der Waals surface area contributed by atoms with Crippen LogP contribution in [0.1, 0.15) is 18.9 Å². The van der Waals surface area contributed by atoms with E-state index >= 15 is 0 Å². The van der Waals surface area contributed by atoms with Crippen molar-refractivity contribution in [2.75, 3.05) is 16.8 Å². The molecule has 0 spiro atoms. The normalized spacial score (nSPS) is 16.2. The minimum absolute atomic E-state index is 0.0999. The van der Waals surface area contributed by atoms with Crippen LogP contribution < -0.4 is 15.0 Å². The van der Waals surface area contributed by atoms with Crippen LogP contribution in [-0.4, -0.2) is 24.5 Å². The molecule has 0 fully saturated rings. The number of nitrogens with one attached hydrogen (secondary N) is 1. The topological polar surface area (TPSA) is 58.6 Å².